The molecule has 1 saturated heterocycles. The van der Waals surface area contributed by atoms with Gasteiger partial charge in [0.15, 0.2) is 0 Å². The van der Waals surface area contributed by atoms with E-state index < -0.39 is 0 Å². The third-order valence-electron chi connectivity index (χ3n) is 4.03. The van der Waals surface area contributed by atoms with Crippen LogP contribution in [0.4, 0.5) is 0 Å². The van der Waals surface area contributed by atoms with Crippen LogP contribution < -0.4 is 5.32 Å². The second-order valence-electron chi connectivity index (χ2n) is 5.76. The first-order valence-corrected chi connectivity index (χ1v) is 8.25. The minimum absolute atomic E-state index is 0.163. The van der Waals surface area contributed by atoms with Crippen molar-refractivity contribution in [3.05, 3.63) is 83.7 Å². The van der Waals surface area contributed by atoms with Crippen molar-refractivity contribution < 1.29 is 9.53 Å². The fourth-order valence-corrected chi connectivity index (χ4v) is 2.89. The quantitative estimate of drug-likeness (QED) is 0.678. The van der Waals surface area contributed by atoms with E-state index in [4.69, 9.17) is 4.74 Å². The van der Waals surface area contributed by atoms with E-state index >= 15 is 0 Å². The van der Waals surface area contributed by atoms with Gasteiger partial charge in [0, 0.05) is 13.1 Å². The van der Waals surface area contributed by atoms with Crippen LogP contribution >= 0.6 is 0 Å². The van der Waals surface area contributed by atoms with Crippen LogP contribution in [0.15, 0.2) is 72.6 Å². The van der Waals surface area contributed by atoms with E-state index in [1.54, 1.807) is 6.08 Å². The van der Waals surface area contributed by atoms with Crippen LogP contribution in [-0.2, 0) is 16.1 Å². The molecule has 1 heterocycles. The molecular formula is C20H22N2O2. The maximum absolute atomic E-state index is 11.9. The summed E-state index contributed by atoms with van der Waals surface area (Å²) in [5.41, 5.74) is 2.42. The third-order valence-corrected chi connectivity index (χ3v) is 4.03. The average molecular weight is 322 g/mol. The molecule has 1 aliphatic rings. The largest absolute Gasteiger partial charge is 0.463 e. The zero-order valence-electron chi connectivity index (χ0n) is 13.8. The van der Waals surface area contributed by atoms with Gasteiger partial charge >= 0.3 is 5.97 Å². The number of esters is 1. The first-order chi connectivity index (χ1) is 11.8. The molecule has 1 aliphatic heterocycles. The zero-order chi connectivity index (χ0) is 16.8. The Labute approximate surface area is 142 Å². The third kappa shape index (κ3) is 3.96. The molecule has 1 atom stereocenters. The summed E-state index contributed by atoms with van der Waals surface area (Å²) in [6.07, 6.45) is 1.55. The maximum Gasteiger partial charge on any atom is 0.334 e. The van der Waals surface area contributed by atoms with Crippen LogP contribution in [0.5, 0.6) is 0 Å². The van der Waals surface area contributed by atoms with E-state index in [1.807, 2.05) is 43.3 Å². The minimum atomic E-state index is -0.313. The summed E-state index contributed by atoms with van der Waals surface area (Å²) in [5, 5.41) is 3.45. The second-order valence-corrected chi connectivity index (χ2v) is 5.76. The molecule has 1 N–H and O–H groups in total. The molecule has 0 bridgehead atoms. The summed E-state index contributed by atoms with van der Waals surface area (Å²) >= 11 is 0. The number of rotatable bonds is 5. The van der Waals surface area contributed by atoms with Gasteiger partial charge in [-0.05, 0) is 18.1 Å². The Kier molecular flexibility index (Phi) is 5.16. The number of carbonyl (C=O) groups is 1. The van der Waals surface area contributed by atoms with Crippen molar-refractivity contribution in [2.75, 3.05) is 13.2 Å². The van der Waals surface area contributed by atoms with Gasteiger partial charge in [-0.25, -0.2) is 4.79 Å². The Morgan fingerprint density at radius 3 is 2.50 bits per heavy atom. The van der Waals surface area contributed by atoms with Gasteiger partial charge in [0.05, 0.1) is 18.7 Å². The standard InChI is InChI=1S/C20H22N2O2/c1-2-24-20(23)13-19-21-18(17-11-7-4-8-12-17)15-22(19)14-16-9-5-3-6-10-16/h3-13,18,21H,2,14-15H2,1H3/b19-13+/t18-/m1/s1. The fraction of sp³-hybridized carbons (Fsp3) is 0.250. The summed E-state index contributed by atoms with van der Waals surface area (Å²) in [4.78, 5) is 14.1. The molecule has 24 heavy (non-hydrogen) atoms. The topological polar surface area (TPSA) is 41.6 Å². The zero-order valence-corrected chi connectivity index (χ0v) is 13.8. The van der Waals surface area contributed by atoms with Gasteiger partial charge in [-0.15, -0.1) is 0 Å². The lowest BCUT2D eigenvalue weighted by molar-refractivity contribution is -0.137. The van der Waals surface area contributed by atoms with E-state index in [9.17, 15) is 4.79 Å². The molecule has 1 fully saturated rings. The van der Waals surface area contributed by atoms with Crippen LogP contribution in [0, 0.1) is 0 Å². The highest BCUT2D eigenvalue weighted by Crippen LogP contribution is 2.26. The summed E-state index contributed by atoms with van der Waals surface area (Å²) < 4.78 is 5.06. The highest BCUT2D eigenvalue weighted by atomic mass is 16.5. The number of nitrogens with zero attached hydrogens (tertiary/aromatic N) is 1. The normalized spacial score (nSPS) is 18.5. The van der Waals surface area contributed by atoms with E-state index in [1.165, 1.54) is 11.1 Å². The molecule has 3 rings (SSSR count). The molecule has 4 nitrogen and oxygen atoms in total. The van der Waals surface area contributed by atoms with Crippen LogP contribution in [0.3, 0.4) is 0 Å². The van der Waals surface area contributed by atoms with E-state index in [0.29, 0.717) is 6.61 Å². The molecule has 0 saturated carbocycles. The van der Waals surface area contributed by atoms with Crippen molar-refractivity contribution in [3.8, 4) is 0 Å². The van der Waals surface area contributed by atoms with Gasteiger partial charge in [0.1, 0.15) is 5.82 Å². The van der Waals surface area contributed by atoms with Crippen molar-refractivity contribution in [1.29, 1.82) is 0 Å². The van der Waals surface area contributed by atoms with Gasteiger partial charge in [0.2, 0.25) is 0 Å². The monoisotopic (exact) mass is 322 g/mol. The molecule has 2 aromatic carbocycles. The highest BCUT2D eigenvalue weighted by Gasteiger charge is 2.27. The van der Waals surface area contributed by atoms with E-state index in [2.05, 4.69) is 34.5 Å². The Balaban J connectivity index is 1.81. The lowest BCUT2D eigenvalue weighted by Gasteiger charge is -2.18. The number of hydrogen-bond donors (Lipinski definition) is 1. The predicted molar refractivity (Wildman–Crippen MR) is 93.9 cm³/mol. The van der Waals surface area contributed by atoms with Crippen LogP contribution in [-0.4, -0.2) is 24.0 Å². The number of ether oxygens (including phenoxy) is 1. The minimum Gasteiger partial charge on any atom is -0.463 e. The molecule has 0 radical (unpaired) electrons. The Morgan fingerprint density at radius 2 is 1.83 bits per heavy atom. The highest BCUT2D eigenvalue weighted by molar-refractivity contribution is 5.82. The van der Waals surface area contributed by atoms with Gasteiger partial charge in [-0.2, -0.15) is 0 Å². The number of nitrogens with one attached hydrogen (secondary N) is 1. The number of hydrogen-bond acceptors (Lipinski definition) is 4. The van der Waals surface area contributed by atoms with Crippen LogP contribution in [0.2, 0.25) is 0 Å². The molecule has 0 aromatic heterocycles. The summed E-state index contributed by atoms with van der Waals surface area (Å²) in [6, 6.07) is 20.7. The predicted octanol–water partition coefficient (Wildman–Crippen LogP) is 3.24. The smallest absolute Gasteiger partial charge is 0.334 e. The molecule has 4 heteroatoms. The lowest BCUT2D eigenvalue weighted by atomic mass is 10.1. The van der Waals surface area contributed by atoms with Gasteiger partial charge in [-0.3, -0.25) is 0 Å². The summed E-state index contributed by atoms with van der Waals surface area (Å²) in [5.74, 6) is 0.498. The van der Waals surface area contributed by atoms with E-state index in [0.717, 1.165) is 18.9 Å². The summed E-state index contributed by atoms with van der Waals surface area (Å²) in [6.45, 7) is 3.75. The average Bonchev–Trinajstić information content (AvgIpc) is 2.99. The van der Waals surface area contributed by atoms with E-state index in [-0.39, 0.29) is 12.0 Å². The number of benzene rings is 2. The maximum atomic E-state index is 11.9. The Bertz CT molecular complexity index is 698. The molecule has 0 aliphatic carbocycles. The van der Waals surface area contributed by atoms with Crippen molar-refractivity contribution in [1.82, 2.24) is 10.2 Å². The molecule has 124 valence electrons. The van der Waals surface area contributed by atoms with Gasteiger partial charge < -0.3 is 15.0 Å². The molecule has 2 aromatic rings. The van der Waals surface area contributed by atoms with Crippen molar-refractivity contribution >= 4 is 5.97 Å². The Morgan fingerprint density at radius 1 is 1.17 bits per heavy atom. The molecular weight excluding hydrogens is 300 g/mol. The summed E-state index contributed by atoms with van der Waals surface area (Å²) in [7, 11) is 0. The first-order valence-electron chi connectivity index (χ1n) is 8.25. The van der Waals surface area contributed by atoms with Crippen LogP contribution in [0.25, 0.3) is 0 Å². The van der Waals surface area contributed by atoms with Crippen LogP contribution in [0.1, 0.15) is 24.1 Å². The van der Waals surface area contributed by atoms with Gasteiger partial charge in [-0.1, -0.05) is 60.7 Å². The number of carbonyl (C=O) groups excluding carboxylic acids is 1. The fourth-order valence-electron chi connectivity index (χ4n) is 2.89. The van der Waals surface area contributed by atoms with Crippen molar-refractivity contribution in [2.45, 2.75) is 19.5 Å². The molecule has 0 spiro atoms. The van der Waals surface area contributed by atoms with Gasteiger partial charge in [0.25, 0.3) is 0 Å². The Hall–Kier alpha value is -2.75. The van der Waals surface area contributed by atoms with Crippen molar-refractivity contribution in [3.63, 3.8) is 0 Å². The van der Waals surface area contributed by atoms with Crippen molar-refractivity contribution in [2.24, 2.45) is 0 Å². The lowest BCUT2D eigenvalue weighted by Crippen LogP contribution is -2.21. The first kappa shape index (κ1) is 16.1. The molecule has 0 amide bonds. The molecule has 0 unspecified atom stereocenters. The second kappa shape index (κ2) is 7.68. The SMILES string of the molecule is CCOC(=O)/C=C1\N[C@@H](c2ccccc2)CN1Cc1ccccc1.